The van der Waals surface area contributed by atoms with Crippen LogP contribution in [0.25, 0.3) is 0 Å². The predicted molar refractivity (Wildman–Crippen MR) is 158 cm³/mol. The topological polar surface area (TPSA) is 15.7 Å². The molecule has 3 nitrogen and oxygen atoms in total. The van der Waals surface area contributed by atoms with E-state index in [0.29, 0.717) is 6.54 Å². The molecule has 0 bridgehead atoms. The van der Waals surface area contributed by atoms with Gasteiger partial charge in [0.25, 0.3) is 0 Å². The van der Waals surface area contributed by atoms with Crippen LogP contribution in [-0.2, 0) is 16.2 Å². The number of hydrogen-bond acceptors (Lipinski definition) is 3. The number of hydrogen-bond donors (Lipinski definition) is 0. The van der Waals surface area contributed by atoms with Crippen LogP contribution in [0.2, 0.25) is 0 Å². The van der Waals surface area contributed by atoms with Gasteiger partial charge in [0.2, 0.25) is 0 Å². The van der Waals surface area contributed by atoms with Gasteiger partial charge in [-0.15, -0.1) is 0 Å². The number of aryl methyl sites for hydroxylation is 6. The molecule has 1 heterocycles. The zero-order valence-corrected chi connectivity index (χ0v) is 26.1. The van der Waals surface area contributed by atoms with E-state index in [4.69, 9.17) is 27.9 Å². The summed E-state index contributed by atoms with van der Waals surface area (Å²) in [6.07, 6.45) is 0.103. The minimum atomic E-state index is -1.11. The zero-order valence-electron chi connectivity index (χ0n) is 22.9. The van der Waals surface area contributed by atoms with Crippen LogP contribution in [-0.4, -0.2) is 26.1 Å². The Morgan fingerprint density at radius 1 is 0.838 bits per heavy atom. The van der Waals surface area contributed by atoms with E-state index in [0.717, 1.165) is 21.4 Å². The maximum atomic E-state index is 7.21. The van der Waals surface area contributed by atoms with Gasteiger partial charge in [0, 0.05) is 0 Å². The van der Waals surface area contributed by atoms with Gasteiger partial charge in [-0.05, 0) is 0 Å². The van der Waals surface area contributed by atoms with E-state index in [1.807, 2.05) is 12.1 Å². The first kappa shape index (κ1) is 28.0. The average Bonchev–Trinajstić information content (AvgIpc) is 3.01. The molecule has 4 rings (SSSR count). The van der Waals surface area contributed by atoms with Gasteiger partial charge in [-0.25, -0.2) is 0 Å². The molecule has 0 aliphatic carbocycles. The summed E-state index contributed by atoms with van der Waals surface area (Å²) in [7, 11) is 0. The number of anilines is 2. The summed E-state index contributed by atoms with van der Waals surface area (Å²) in [6.45, 7) is 17.5. The van der Waals surface area contributed by atoms with E-state index >= 15 is 0 Å². The zero-order chi connectivity index (χ0) is 27.1. The third kappa shape index (κ3) is 5.87. The average molecular weight is 625 g/mol. The first-order valence-corrected chi connectivity index (χ1v) is 15.2. The number of alkyl halides is 2. The Kier molecular flexibility index (Phi) is 8.34. The van der Waals surface area contributed by atoms with Crippen molar-refractivity contribution in [2.45, 2.75) is 66.0 Å². The molecule has 37 heavy (non-hydrogen) atoms. The molecule has 0 unspecified atom stereocenters. The molecule has 3 aromatic carbocycles. The Bertz CT molecular complexity index is 1360. The van der Waals surface area contributed by atoms with Crippen LogP contribution in [0.4, 0.5) is 11.4 Å². The first-order valence-electron chi connectivity index (χ1n) is 12.6. The normalized spacial score (nSPS) is 15.1. The number of benzene rings is 3. The number of nitrogens with zero attached hydrogens (tertiary/aromatic N) is 2. The van der Waals surface area contributed by atoms with Crippen LogP contribution in [0, 0.1) is 41.5 Å². The van der Waals surface area contributed by atoms with E-state index in [2.05, 4.69) is 106 Å². The van der Waals surface area contributed by atoms with Crippen molar-refractivity contribution in [3.8, 4) is 5.75 Å². The van der Waals surface area contributed by atoms with Crippen molar-refractivity contribution >= 4 is 43.5 Å². The van der Waals surface area contributed by atoms with Crippen LogP contribution >= 0.6 is 23.2 Å². The van der Waals surface area contributed by atoms with E-state index < -0.39 is 20.7 Å². The summed E-state index contributed by atoms with van der Waals surface area (Å²) in [5.74, 6) is 0.900. The van der Waals surface area contributed by atoms with Gasteiger partial charge < -0.3 is 0 Å². The van der Waals surface area contributed by atoms with Crippen molar-refractivity contribution in [3.05, 3.63) is 87.5 Å². The maximum absolute atomic E-state index is 7.21. The fourth-order valence-corrected chi connectivity index (χ4v) is 8.30. The molecule has 0 aromatic heterocycles. The second kappa shape index (κ2) is 11.0. The third-order valence-corrected chi connectivity index (χ3v) is 9.04. The van der Waals surface area contributed by atoms with Crippen molar-refractivity contribution in [1.82, 2.24) is 0 Å². The van der Waals surface area contributed by atoms with Crippen LogP contribution < -0.4 is 14.5 Å². The molecule has 0 N–H and O–H groups in total. The second-order valence-corrected chi connectivity index (χ2v) is 13.5. The molecule has 198 valence electrons. The SMILES string of the molecule is Cc1cc(C)c(N2CC(Cl)(Cl)N(c3c(C)cc(C)cc3C)[C]2=[Ru]=[CH]c2ccccc2OC(C)C)c(C)c1. The van der Waals surface area contributed by atoms with Crippen molar-refractivity contribution in [2.75, 3.05) is 16.3 Å². The molecule has 3 aromatic rings. The van der Waals surface area contributed by atoms with Crippen molar-refractivity contribution in [1.29, 1.82) is 0 Å². The van der Waals surface area contributed by atoms with Gasteiger partial charge in [-0.1, -0.05) is 0 Å². The first-order chi connectivity index (χ1) is 17.4. The van der Waals surface area contributed by atoms with Gasteiger partial charge in [0.05, 0.1) is 0 Å². The molecule has 0 amide bonds. The van der Waals surface area contributed by atoms with Crippen molar-refractivity contribution in [3.63, 3.8) is 0 Å². The Morgan fingerprint density at radius 2 is 1.35 bits per heavy atom. The number of rotatable bonds is 5. The molecule has 1 aliphatic rings. The summed E-state index contributed by atoms with van der Waals surface area (Å²) in [5.41, 5.74) is 10.6. The van der Waals surface area contributed by atoms with E-state index in [1.165, 1.54) is 39.1 Å². The minimum absolute atomic E-state index is 0.103. The molecule has 0 atom stereocenters. The fourth-order valence-electron chi connectivity index (χ4n) is 5.25. The summed E-state index contributed by atoms with van der Waals surface area (Å²) in [6, 6.07) is 17.1. The molecule has 0 radical (unpaired) electrons. The van der Waals surface area contributed by atoms with E-state index in [1.54, 1.807) is 0 Å². The predicted octanol–water partition coefficient (Wildman–Crippen LogP) is 7.80. The molecular weight excluding hydrogens is 588 g/mol. The van der Waals surface area contributed by atoms with Crippen molar-refractivity contribution in [2.24, 2.45) is 0 Å². The Balaban J connectivity index is 2.00. The molecule has 1 fully saturated rings. The molecular formula is C31H36Cl2N2ORu. The molecule has 0 spiro atoms. The molecule has 1 aliphatic heterocycles. The van der Waals surface area contributed by atoms with Crippen LogP contribution in [0.3, 0.4) is 0 Å². The number of halogens is 2. The monoisotopic (exact) mass is 624 g/mol. The van der Waals surface area contributed by atoms with E-state index in [-0.39, 0.29) is 6.10 Å². The van der Waals surface area contributed by atoms with Crippen LogP contribution in [0.1, 0.15) is 52.8 Å². The summed E-state index contributed by atoms with van der Waals surface area (Å²) >= 11 is 14.0. The van der Waals surface area contributed by atoms with Gasteiger partial charge >= 0.3 is 240 Å². The Hall–Kier alpha value is -2.00. The quantitative estimate of drug-likeness (QED) is 0.164. The summed E-state index contributed by atoms with van der Waals surface area (Å²) < 4.78 is 8.46. The summed E-state index contributed by atoms with van der Waals surface area (Å²) in [5, 5.41) is 0. The van der Waals surface area contributed by atoms with Gasteiger partial charge in [-0.3, -0.25) is 0 Å². The van der Waals surface area contributed by atoms with Crippen LogP contribution in [0.15, 0.2) is 48.5 Å². The molecule has 1 saturated heterocycles. The fraction of sp³-hybridized carbons (Fsp3) is 0.355. The van der Waals surface area contributed by atoms with Gasteiger partial charge in [-0.2, -0.15) is 0 Å². The number of para-hydroxylation sites is 1. The van der Waals surface area contributed by atoms with Gasteiger partial charge in [0.1, 0.15) is 0 Å². The van der Waals surface area contributed by atoms with Crippen LogP contribution in [0.5, 0.6) is 5.75 Å². The Morgan fingerprint density at radius 3 is 1.89 bits per heavy atom. The standard InChI is InChI=1S/C21H24Cl2N2.C10H12O.Ru/c1-13-7-15(3)19(16(4)8-13)24-11-21(22,23)25(12-24)20-17(5)9-14(2)10-18(20)6;1-8(2)11-10-7-5-4-6-9(10)3;/h7-10H,11H2,1-6H3;3-8H,1-2H3;. The van der Waals surface area contributed by atoms with Gasteiger partial charge in [0.15, 0.2) is 0 Å². The Labute approximate surface area is 239 Å². The summed E-state index contributed by atoms with van der Waals surface area (Å²) in [4.78, 5) is 4.53. The van der Waals surface area contributed by atoms with E-state index in [9.17, 15) is 0 Å². The number of ether oxygens (including phenoxy) is 1. The molecule has 6 heteroatoms. The second-order valence-electron chi connectivity index (χ2n) is 10.2. The molecule has 0 saturated carbocycles. The van der Waals surface area contributed by atoms with Crippen molar-refractivity contribution < 1.29 is 21.0 Å². The third-order valence-electron chi connectivity index (χ3n) is 6.37.